The third-order valence-corrected chi connectivity index (χ3v) is 3.37. The van der Waals surface area contributed by atoms with E-state index in [1.165, 1.54) is 0 Å². The van der Waals surface area contributed by atoms with Gasteiger partial charge >= 0.3 is 5.97 Å². The average molecular weight is 281 g/mol. The second-order valence-electron chi connectivity index (χ2n) is 4.81. The minimum Gasteiger partial charge on any atom is -0.478 e. The third kappa shape index (κ3) is 2.38. The molecule has 0 saturated carbocycles. The van der Waals surface area contributed by atoms with Crippen LogP contribution < -0.4 is 0 Å². The van der Waals surface area contributed by atoms with Gasteiger partial charge in [-0.2, -0.15) is 0 Å². The van der Waals surface area contributed by atoms with Crippen LogP contribution in [0.3, 0.4) is 0 Å². The molecular weight excluding hydrogens is 266 g/mol. The lowest BCUT2D eigenvalue weighted by Gasteiger charge is -2.09. The number of rotatable bonds is 4. The first-order chi connectivity index (χ1) is 10.2. The highest BCUT2D eigenvalue weighted by atomic mass is 16.4. The van der Waals surface area contributed by atoms with Crippen molar-refractivity contribution in [2.45, 2.75) is 19.8 Å². The molecule has 0 unspecified atom stereocenters. The van der Waals surface area contributed by atoms with Crippen molar-refractivity contribution in [2.24, 2.45) is 0 Å². The van der Waals surface area contributed by atoms with Crippen molar-refractivity contribution in [2.75, 3.05) is 0 Å². The summed E-state index contributed by atoms with van der Waals surface area (Å²) in [5.41, 5.74) is 0.926. The van der Waals surface area contributed by atoms with E-state index in [4.69, 9.17) is 0 Å². The first-order valence-corrected chi connectivity index (χ1v) is 6.86. The highest BCUT2D eigenvalue weighted by molar-refractivity contribution is 6.02. The number of imidazole rings is 1. The monoisotopic (exact) mass is 281 g/mol. The topological polar surface area (TPSA) is 68.0 Å². The minimum atomic E-state index is -0.952. The van der Waals surface area contributed by atoms with E-state index in [1.807, 2.05) is 29.0 Å². The Hall–Kier alpha value is -2.69. The van der Waals surface area contributed by atoms with Crippen molar-refractivity contribution >= 4 is 16.9 Å². The molecule has 0 spiro atoms. The van der Waals surface area contributed by atoms with Gasteiger partial charge in [-0.3, -0.25) is 4.57 Å². The molecule has 106 valence electrons. The molecular formula is C16H15N3O2. The number of hydrogen-bond acceptors (Lipinski definition) is 3. The highest BCUT2D eigenvalue weighted by Gasteiger charge is 2.14. The predicted octanol–water partition coefficient (Wildman–Crippen LogP) is 3.07. The fourth-order valence-electron chi connectivity index (χ4n) is 2.41. The smallest absolute Gasteiger partial charge is 0.336 e. The average Bonchev–Trinajstić information content (AvgIpc) is 2.94. The number of carbonyl (C=O) groups is 1. The van der Waals surface area contributed by atoms with Crippen LogP contribution in [-0.2, 0) is 6.42 Å². The van der Waals surface area contributed by atoms with E-state index in [2.05, 4.69) is 16.9 Å². The molecule has 0 fully saturated rings. The molecule has 21 heavy (non-hydrogen) atoms. The first-order valence-electron chi connectivity index (χ1n) is 6.86. The van der Waals surface area contributed by atoms with Crippen molar-refractivity contribution < 1.29 is 9.90 Å². The lowest BCUT2D eigenvalue weighted by molar-refractivity contribution is 0.0699. The maximum atomic E-state index is 11.5. The van der Waals surface area contributed by atoms with Gasteiger partial charge in [-0.25, -0.2) is 14.8 Å². The Balaban J connectivity index is 2.24. The zero-order chi connectivity index (χ0) is 14.8. The summed E-state index contributed by atoms with van der Waals surface area (Å²) in [6, 6.07) is 8.87. The molecule has 0 aliphatic heterocycles. The van der Waals surface area contributed by atoms with Gasteiger partial charge < -0.3 is 5.11 Å². The van der Waals surface area contributed by atoms with E-state index in [0.717, 1.165) is 18.7 Å². The number of benzene rings is 1. The molecule has 0 aliphatic rings. The Kier molecular flexibility index (Phi) is 3.39. The lowest BCUT2D eigenvalue weighted by Crippen LogP contribution is -2.06. The second-order valence-corrected chi connectivity index (χ2v) is 4.81. The second kappa shape index (κ2) is 5.36. The van der Waals surface area contributed by atoms with Crippen molar-refractivity contribution in [3.05, 3.63) is 54.1 Å². The van der Waals surface area contributed by atoms with Crippen LogP contribution in [0.2, 0.25) is 0 Å². The molecule has 2 heterocycles. The Morgan fingerprint density at radius 1 is 1.33 bits per heavy atom. The summed E-state index contributed by atoms with van der Waals surface area (Å²) in [5.74, 6) is 0.524. The van der Waals surface area contributed by atoms with Gasteiger partial charge in [-0.15, -0.1) is 0 Å². The summed E-state index contributed by atoms with van der Waals surface area (Å²) < 4.78 is 1.85. The summed E-state index contributed by atoms with van der Waals surface area (Å²) in [7, 11) is 0. The van der Waals surface area contributed by atoms with Gasteiger partial charge in [-0.05, 0) is 18.6 Å². The third-order valence-electron chi connectivity index (χ3n) is 3.37. The fraction of sp³-hybridized carbons (Fsp3) is 0.188. The Morgan fingerprint density at radius 3 is 2.90 bits per heavy atom. The molecule has 0 bridgehead atoms. The highest BCUT2D eigenvalue weighted by Crippen LogP contribution is 2.21. The zero-order valence-electron chi connectivity index (χ0n) is 11.7. The summed E-state index contributed by atoms with van der Waals surface area (Å²) >= 11 is 0. The number of aromatic carboxylic acids is 1. The van der Waals surface area contributed by atoms with E-state index >= 15 is 0 Å². The van der Waals surface area contributed by atoms with Crippen LogP contribution in [-0.4, -0.2) is 25.6 Å². The van der Waals surface area contributed by atoms with E-state index in [9.17, 15) is 9.90 Å². The normalized spacial score (nSPS) is 10.9. The van der Waals surface area contributed by atoms with Gasteiger partial charge in [-0.1, -0.05) is 25.1 Å². The number of aryl methyl sites for hydroxylation is 1. The number of fused-ring (bicyclic) bond motifs is 1. The summed E-state index contributed by atoms with van der Waals surface area (Å²) in [6.45, 7) is 2.08. The molecule has 1 aromatic carbocycles. The molecule has 2 aromatic heterocycles. The number of hydrogen-bond donors (Lipinski definition) is 1. The lowest BCUT2D eigenvalue weighted by atomic mass is 10.1. The molecule has 0 radical (unpaired) electrons. The number of carboxylic acids is 1. The molecule has 3 aromatic rings. The van der Waals surface area contributed by atoms with E-state index in [1.54, 1.807) is 18.3 Å². The fourth-order valence-corrected chi connectivity index (χ4v) is 2.41. The van der Waals surface area contributed by atoms with Gasteiger partial charge in [0.05, 0.1) is 11.1 Å². The maximum Gasteiger partial charge on any atom is 0.336 e. The Morgan fingerprint density at radius 2 is 2.14 bits per heavy atom. The number of pyridine rings is 1. The standard InChI is InChI=1S/C16H15N3O2/c1-2-5-14-17-8-9-19(14)15-10-12(16(20)21)11-6-3-4-7-13(11)18-15/h3-4,6-10H,2,5H2,1H3,(H,20,21). The van der Waals surface area contributed by atoms with Crippen LogP contribution in [0.25, 0.3) is 16.7 Å². The van der Waals surface area contributed by atoms with Gasteiger partial charge in [0.2, 0.25) is 0 Å². The van der Waals surface area contributed by atoms with Crippen LogP contribution in [0.15, 0.2) is 42.7 Å². The Labute approximate surface area is 121 Å². The van der Waals surface area contributed by atoms with Gasteiger partial charge in [0.1, 0.15) is 11.6 Å². The molecule has 0 aliphatic carbocycles. The van der Waals surface area contributed by atoms with Crippen LogP contribution in [0.4, 0.5) is 0 Å². The van der Waals surface area contributed by atoms with E-state index < -0.39 is 5.97 Å². The summed E-state index contributed by atoms with van der Waals surface area (Å²) in [5, 5.41) is 10.1. The SMILES string of the molecule is CCCc1nccn1-c1cc(C(=O)O)c2ccccc2n1. The molecule has 5 nitrogen and oxygen atoms in total. The van der Waals surface area contributed by atoms with Crippen LogP contribution >= 0.6 is 0 Å². The zero-order valence-corrected chi connectivity index (χ0v) is 11.7. The quantitative estimate of drug-likeness (QED) is 0.798. The van der Waals surface area contributed by atoms with Gasteiger partial charge in [0.15, 0.2) is 0 Å². The molecule has 0 saturated heterocycles. The van der Waals surface area contributed by atoms with Crippen molar-refractivity contribution in [3.63, 3.8) is 0 Å². The molecule has 5 heteroatoms. The number of para-hydroxylation sites is 1. The molecule has 0 atom stereocenters. The number of carboxylic acid groups (broad SMARTS) is 1. The molecule has 0 amide bonds. The number of nitrogens with zero attached hydrogens (tertiary/aromatic N) is 3. The molecule has 3 rings (SSSR count). The van der Waals surface area contributed by atoms with Crippen molar-refractivity contribution in [3.8, 4) is 5.82 Å². The van der Waals surface area contributed by atoms with Crippen LogP contribution in [0, 0.1) is 0 Å². The van der Waals surface area contributed by atoms with E-state index in [-0.39, 0.29) is 5.56 Å². The van der Waals surface area contributed by atoms with Gasteiger partial charge in [0, 0.05) is 24.2 Å². The minimum absolute atomic E-state index is 0.256. The Bertz CT molecular complexity index is 808. The summed E-state index contributed by atoms with van der Waals surface area (Å²) in [6.07, 6.45) is 5.32. The first kappa shape index (κ1) is 13.3. The van der Waals surface area contributed by atoms with Crippen LogP contribution in [0.1, 0.15) is 29.5 Å². The van der Waals surface area contributed by atoms with Crippen molar-refractivity contribution in [1.29, 1.82) is 0 Å². The summed E-state index contributed by atoms with van der Waals surface area (Å²) in [4.78, 5) is 20.4. The predicted molar refractivity (Wildman–Crippen MR) is 79.8 cm³/mol. The molecule has 1 N–H and O–H groups in total. The van der Waals surface area contributed by atoms with Crippen LogP contribution in [0.5, 0.6) is 0 Å². The largest absolute Gasteiger partial charge is 0.478 e. The van der Waals surface area contributed by atoms with E-state index in [0.29, 0.717) is 16.7 Å². The van der Waals surface area contributed by atoms with Crippen molar-refractivity contribution in [1.82, 2.24) is 14.5 Å². The van der Waals surface area contributed by atoms with Gasteiger partial charge in [0.25, 0.3) is 0 Å². The maximum absolute atomic E-state index is 11.5. The number of aromatic nitrogens is 3.